The van der Waals surface area contributed by atoms with Gasteiger partial charge in [0.15, 0.2) is 12.4 Å². The molecule has 0 N–H and O–H groups in total. The molecule has 1 saturated heterocycles. The number of carbonyl (C=O) groups is 3. The van der Waals surface area contributed by atoms with E-state index in [0.29, 0.717) is 22.0 Å². The molecule has 4 rings (SSSR count). The molecule has 2 amide bonds. The number of amides is 2. The van der Waals surface area contributed by atoms with Crippen molar-refractivity contribution >= 4 is 34.9 Å². The smallest absolute Gasteiger partial charge is 0.237 e. The van der Waals surface area contributed by atoms with Gasteiger partial charge in [-0.1, -0.05) is 54.8 Å². The van der Waals surface area contributed by atoms with Crippen molar-refractivity contribution in [2.75, 3.05) is 11.5 Å². The van der Waals surface area contributed by atoms with E-state index in [4.69, 9.17) is 16.3 Å². The number of carbonyl (C=O) groups excluding carboxylic acids is 3. The highest BCUT2D eigenvalue weighted by Gasteiger charge is 2.49. The van der Waals surface area contributed by atoms with Crippen molar-refractivity contribution in [2.24, 2.45) is 11.8 Å². The molecule has 2 aromatic rings. The Kier molecular flexibility index (Phi) is 5.18. The van der Waals surface area contributed by atoms with E-state index in [2.05, 4.69) is 0 Å². The minimum Gasteiger partial charge on any atom is -0.483 e. The van der Waals surface area contributed by atoms with E-state index in [1.54, 1.807) is 42.5 Å². The topological polar surface area (TPSA) is 63.7 Å². The molecule has 2 fully saturated rings. The van der Waals surface area contributed by atoms with Gasteiger partial charge in [-0.3, -0.25) is 14.4 Å². The van der Waals surface area contributed by atoms with Crippen molar-refractivity contribution in [3.8, 4) is 5.75 Å². The van der Waals surface area contributed by atoms with Crippen LogP contribution in [0.2, 0.25) is 5.02 Å². The molecule has 1 aliphatic carbocycles. The summed E-state index contributed by atoms with van der Waals surface area (Å²) in [4.78, 5) is 39.4. The van der Waals surface area contributed by atoms with Gasteiger partial charge in [-0.2, -0.15) is 0 Å². The molecular formula is C22H20ClNO4. The van der Waals surface area contributed by atoms with Crippen molar-refractivity contribution in [3.05, 3.63) is 59.1 Å². The molecule has 2 aliphatic rings. The summed E-state index contributed by atoms with van der Waals surface area (Å²) in [6, 6.07) is 13.6. The number of hydrogen-bond acceptors (Lipinski definition) is 4. The summed E-state index contributed by atoms with van der Waals surface area (Å²) in [5, 5.41) is 0.396. The zero-order valence-corrected chi connectivity index (χ0v) is 16.0. The second kappa shape index (κ2) is 7.76. The second-order valence-corrected chi connectivity index (χ2v) is 7.64. The van der Waals surface area contributed by atoms with Crippen molar-refractivity contribution in [2.45, 2.75) is 25.7 Å². The number of ether oxygens (including phenoxy) is 1. The molecule has 0 aromatic heterocycles. The van der Waals surface area contributed by atoms with Crippen LogP contribution in [0.25, 0.3) is 0 Å². The lowest BCUT2D eigenvalue weighted by molar-refractivity contribution is -0.122. The van der Waals surface area contributed by atoms with Crippen molar-refractivity contribution < 1.29 is 19.1 Å². The highest BCUT2D eigenvalue weighted by Crippen LogP contribution is 2.43. The SMILES string of the molecule is O=C(COc1ccc(Cl)cc1N1C(=O)[C@H]2CCCC[C@@H]2C1=O)c1ccccc1. The van der Waals surface area contributed by atoms with E-state index in [1.807, 2.05) is 6.07 Å². The number of ketones is 1. The lowest BCUT2D eigenvalue weighted by Crippen LogP contribution is -2.31. The lowest BCUT2D eigenvalue weighted by Gasteiger charge is -2.19. The third kappa shape index (κ3) is 3.42. The number of rotatable bonds is 5. The molecule has 144 valence electrons. The Balaban J connectivity index is 1.59. The highest BCUT2D eigenvalue weighted by atomic mass is 35.5. The van der Waals surface area contributed by atoms with Crippen LogP contribution in [0.15, 0.2) is 48.5 Å². The minimum atomic E-state index is -0.265. The molecule has 28 heavy (non-hydrogen) atoms. The van der Waals surface area contributed by atoms with Gasteiger partial charge in [0.25, 0.3) is 0 Å². The van der Waals surface area contributed by atoms with Gasteiger partial charge in [0.05, 0.1) is 17.5 Å². The van der Waals surface area contributed by atoms with Crippen molar-refractivity contribution in [1.29, 1.82) is 0 Å². The van der Waals surface area contributed by atoms with Gasteiger partial charge in [0.1, 0.15) is 5.75 Å². The van der Waals surface area contributed by atoms with Gasteiger partial charge in [0, 0.05) is 10.6 Å². The van der Waals surface area contributed by atoms with Crippen LogP contribution in [-0.4, -0.2) is 24.2 Å². The van der Waals surface area contributed by atoms with Gasteiger partial charge in [-0.25, -0.2) is 4.90 Å². The molecule has 0 radical (unpaired) electrons. The fourth-order valence-electron chi connectivity index (χ4n) is 4.04. The molecule has 0 unspecified atom stereocenters. The summed E-state index contributed by atoms with van der Waals surface area (Å²) in [6.07, 6.45) is 3.38. The molecule has 1 aliphatic heterocycles. The molecule has 1 saturated carbocycles. The van der Waals surface area contributed by atoms with Crippen LogP contribution < -0.4 is 9.64 Å². The Labute approximate surface area is 168 Å². The number of imide groups is 1. The molecule has 6 heteroatoms. The predicted molar refractivity (Wildman–Crippen MR) is 106 cm³/mol. The molecule has 0 bridgehead atoms. The van der Waals surface area contributed by atoms with Crippen LogP contribution >= 0.6 is 11.6 Å². The third-order valence-corrected chi connectivity index (χ3v) is 5.69. The standard InChI is InChI=1S/C22H20ClNO4/c23-15-10-11-20(28-13-19(25)14-6-2-1-3-7-14)18(12-15)24-21(26)16-8-4-5-9-17(16)22(24)27/h1-3,6-7,10-12,16-17H,4-5,8-9,13H2/t16-,17-/m0/s1. The van der Waals surface area contributed by atoms with Gasteiger partial charge < -0.3 is 4.74 Å². The number of benzene rings is 2. The van der Waals surface area contributed by atoms with Crippen molar-refractivity contribution in [3.63, 3.8) is 0 Å². The van der Waals surface area contributed by atoms with Crippen LogP contribution in [0.3, 0.4) is 0 Å². The third-order valence-electron chi connectivity index (χ3n) is 5.46. The summed E-state index contributed by atoms with van der Waals surface area (Å²) in [7, 11) is 0. The summed E-state index contributed by atoms with van der Waals surface area (Å²) < 4.78 is 5.72. The lowest BCUT2D eigenvalue weighted by atomic mass is 9.81. The normalized spacial score (nSPS) is 21.5. The van der Waals surface area contributed by atoms with Gasteiger partial charge in [-0.15, -0.1) is 0 Å². The second-order valence-electron chi connectivity index (χ2n) is 7.20. The first-order valence-corrected chi connectivity index (χ1v) is 9.82. The average Bonchev–Trinajstić information content (AvgIpc) is 2.98. The Morgan fingerprint density at radius 2 is 1.64 bits per heavy atom. The Hall–Kier alpha value is -2.66. The van der Waals surface area contributed by atoms with Gasteiger partial charge in [0.2, 0.25) is 11.8 Å². The summed E-state index contributed by atoms with van der Waals surface area (Å²) in [6.45, 7) is -0.193. The number of hydrogen-bond donors (Lipinski definition) is 0. The minimum absolute atomic E-state index is 0.186. The Morgan fingerprint density at radius 3 is 2.29 bits per heavy atom. The summed E-state index contributed by atoms with van der Waals surface area (Å²) in [5.41, 5.74) is 0.857. The summed E-state index contributed by atoms with van der Waals surface area (Å²) >= 11 is 6.13. The monoisotopic (exact) mass is 397 g/mol. The quantitative estimate of drug-likeness (QED) is 0.558. The molecule has 0 spiro atoms. The maximum atomic E-state index is 12.9. The first-order valence-electron chi connectivity index (χ1n) is 9.44. The van der Waals surface area contributed by atoms with Crippen molar-refractivity contribution in [1.82, 2.24) is 0 Å². The van der Waals surface area contributed by atoms with E-state index < -0.39 is 0 Å². The van der Waals surface area contributed by atoms with E-state index in [9.17, 15) is 14.4 Å². The first-order chi connectivity index (χ1) is 13.6. The van der Waals surface area contributed by atoms with Gasteiger partial charge in [-0.05, 0) is 31.0 Å². The fraction of sp³-hybridized carbons (Fsp3) is 0.318. The van der Waals surface area contributed by atoms with E-state index in [0.717, 1.165) is 25.7 Å². The average molecular weight is 398 g/mol. The Morgan fingerprint density at radius 1 is 1.00 bits per heavy atom. The van der Waals surface area contributed by atoms with E-state index >= 15 is 0 Å². The number of halogens is 1. The molecule has 5 nitrogen and oxygen atoms in total. The van der Waals surface area contributed by atoms with E-state index in [1.165, 1.54) is 4.90 Å². The Bertz CT molecular complexity index is 903. The van der Waals surface area contributed by atoms with Crippen LogP contribution in [0.1, 0.15) is 36.0 Å². The fourth-order valence-corrected chi connectivity index (χ4v) is 4.20. The number of anilines is 1. The van der Waals surface area contributed by atoms with Crippen LogP contribution in [-0.2, 0) is 9.59 Å². The van der Waals surface area contributed by atoms with Crippen LogP contribution in [0.4, 0.5) is 5.69 Å². The maximum Gasteiger partial charge on any atom is 0.237 e. The molecule has 2 atom stereocenters. The number of Topliss-reactive ketones (excluding diaryl/α,β-unsaturated/α-hetero) is 1. The van der Waals surface area contributed by atoms with Crippen LogP contribution in [0, 0.1) is 11.8 Å². The largest absolute Gasteiger partial charge is 0.483 e. The molecular weight excluding hydrogens is 378 g/mol. The molecule has 2 aromatic carbocycles. The number of fused-ring (bicyclic) bond motifs is 1. The number of nitrogens with zero attached hydrogens (tertiary/aromatic N) is 1. The highest BCUT2D eigenvalue weighted by molar-refractivity contribution is 6.31. The zero-order valence-electron chi connectivity index (χ0n) is 15.3. The van der Waals surface area contributed by atoms with E-state index in [-0.39, 0.29) is 36.0 Å². The first kappa shape index (κ1) is 18.7. The predicted octanol–water partition coefficient (Wildman–Crippen LogP) is 4.28. The van der Waals surface area contributed by atoms with Crippen LogP contribution in [0.5, 0.6) is 5.75 Å². The maximum absolute atomic E-state index is 12.9. The molecule has 1 heterocycles. The van der Waals surface area contributed by atoms with Gasteiger partial charge >= 0.3 is 0 Å². The zero-order chi connectivity index (χ0) is 19.7. The summed E-state index contributed by atoms with van der Waals surface area (Å²) in [5.74, 6) is -0.811.